The van der Waals surface area contributed by atoms with Gasteiger partial charge in [-0.1, -0.05) is 30.3 Å². The molecule has 1 N–H and O–H groups in total. The number of Topliss-reactive ketones (excluding diaryl/α,β-unsaturated/α-hetero) is 1. The zero-order chi connectivity index (χ0) is 20.4. The van der Waals surface area contributed by atoms with Crippen molar-refractivity contribution in [1.82, 2.24) is 5.32 Å². The van der Waals surface area contributed by atoms with Crippen LogP contribution in [0.25, 0.3) is 0 Å². The first-order valence-electron chi connectivity index (χ1n) is 8.71. The number of carbonyl (C=O) groups excluding carboxylic acids is 3. The van der Waals surface area contributed by atoms with Gasteiger partial charge in [0.2, 0.25) is 0 Å². The molecule has 0 aliphatic heterocycles. The van der Waals surface area contributed by atoms with Gasteiger partial charge in [-0.2, -0.15) is 0 Å². The third kappa shape index (κ3) is 7.08. The second-order valence-electron chi connectivity index (χ2n) is 6.00. The van der Waals surface area contributed by atoms with E-state index in [0.29, 0.717) is 23.6 Å². The molecule has 0 aliphatic rings. The number of benzene rings is 2. The van der Waals surface area contributed by atoms with E-state index in [1.807, 2.05) is 30.3 Å². The summed E-state index contributed by atoms with van der Waals surface area (Å²) < 4.78 is 10.3. The molecular weight excluding hydrogens is 378 g/mol. The van der Waals surface area contributed by atoms with Gasteiger partial charge in [0.25, 0.3) is 5.91 Å². The van der Waals surface area contributed by atoms with E-state index in [-0.39, 0.29) is 24.1 Å². The van der Waals surface area contributed by atoms with E-state index in [2.05, 4.69) is 5.32 Å². The molecule has 28 heavy (non-hydrogen) atoms. The van der Waals surface area contributed by atoms with Gasteiger partial charge < -0.3 is 14.8 Å². The van der Waals surface area contributed by atoms with Crippen molar-refractivity contribution in [3.05, 3.63) is 65.2 Å². The molecule has 7 heteroatoms. The Morgan fingerprint density at radius 3 is 2.50 bits per heavy atom. The highest BCUT2D eigenvalue weighted by Gasteiger charge is 2.11. The average molecular weight is 401 g/mol. The second kappa shape index (κ2) is 11.1. The van der Waals surface area contributed by atoms with Crippen molar-refractivity contribution in [2.75, 3.05) is 19.5 Å². The summed E-state index contributed by atoms with van der Waals surface area (Å²) in [5, 5.41) is 2.70. The van der Waals surface area contributed by atoms with Crippen LogP contribution in [0.1, 0.15) is 28.4 Å². The zero-order valence-electron chi connectivity index (χ0n) is 15.9. The van der Waals surface area contributed by atoms with Crippen LogP contribution in [0.4, 0.5) is 0 Å². The summed E-state index contributed by atoms with van der Waals surface area (Å²) in [6, 6.07) is 14.7. The Kier molecular flexibility index (Phi) is 8.55. The standard InChI is InChI=1S/C21H23NO5S/c1-15(23)17-8-9-19(26-2)18(10-17)13-28-14-21(25)27-12-20(24)22-11-16-6-4-3-5-7-16/h3-10H,11-14H2,1-2H3,(H,22,24). The number of hydrogen-bond donors (Lipinski definition) is 1. The molecule has 0 atom stereocenters. The van der Waals surface area contributed by atoms with Gasteiger partial charge in [0.05, 0.1) is 12.9 Å². The molecule has 0 saturated heterocycles. The van der Waals surface area contributed by atoms with Gasteiger partial charge in [-0.05, 0) is 30.7 Å². The average Bonchev–Trinajstić information content (AvgIpc) is 2.71. The molecule has 0 radical (unpaired) electrons. The van der Waals surface area contributed by atoms with Crippen molar-refractivity contribution in [1.29, 1.82) is 0 Å². The Morgan fingerprint density at radius 2 is 1.82 bits per heavy atom. The van der Waals surface area contributed by atoms with Crippen LogP contribution in [0.15, 0.2) is 48.5 Å². The number of ketones is 1. The summed E-state index contributed by atoms with van der Waals surface area (Å²) >= 11 is 1.33. The van der Waals surface area contributed by atoms with Crippen molar-refractivity contribution >= 4 is 29.4 Å². The molecule has 0 aromatic heterocycles. The second-order valence-corrected chi connectivity index (χ2v) is 6.98. The van der Waals surface area contributed by atoms with Crippen LogP contribution in [-0.2, 0) is 26.6 Å². The molecule has 148 valence electrons. The fourth-order valence-electron chi connectivity index (χ4n) is 2.39. The predicted octanol–water partition coefficient (Wildman–Crippen LogP) is 2.99. The number of rotatable bonds is 10. The number of carbonyl (C=O) groups is 3. The van der Waals surface area contributed by atoms with E-state index in [4.69, 9.17) is 9.47 Å². The highest BCUT2D eigenvalue weighted by molar-refractivity contribution is 7.99. The maximum atomic E-state index is 11.8. The first-order valence-corrected chi connectivity index (χ1v) is 9.87. The summed E-state index contributed by atoms with van der Waals surface area (Å²) in [6.45, 7) is 1.58. The maximum absolute atomic E-state index is 11.8. The summed E-state index contributed by atoms with van der Waals surface area (Å²) in [4.78, 5) is 35.1. The molecule has 0 bridgehead atoms. The molecule has 1 amide bonds. The molecule has 2 rings (SSSR count). The molecule has 0 aliphatic carbocycles. The number of esters is 1. The quantitative estimate of drug-likeness (QED) is 0.487. The van der Waals surface area contributed by atoms with E-state index in [1.165, 1.54) is 18.7 Å². The lowest BCUT2D eigenvalue weighted by Gasteiger charge is -2.10. The number of ether oxygens (including phenoxy) is 2. The van der Waals surface area contributed by atoms with Crippen molar-refractivity contribution in [3.63, 3.8) is 0 Å². The number of methoxy groups -OCH3 is 1. The minimum Gasteiger partial charge on any atom is -0.496 e. The summed E-state index contributed by atoms with van der Waals surface area (Å²) in [5.41, 5.74) is 2.39. The van der Waals surface area contributed by atoms with Crippen molar-refractivity contribution < 1.29 is 23.9 Å². The number of thioether (sulfide) groups is 1. The predicted molar refractivity (Wildman–Crippen MR) is 108 cm³/mol. The van der Waals surface area contributed by atoms with E-state index in [1.54, 1.807) is 25.3 Å². The monoisotopic (exact) mass is 401 g/mol. The lowest BCUT2D eigenvalue weighted by atomic mass is 10.1. The van der Waals surface area contributed by atoms with Gasteiger partial charge in [-0.3, -0.25) is 14.4 Å². The Morgan fingerprint density at radius 1 is 1.07 bits per heavy atom. The van der Waals surface area contributed by atoms with Crippen LogP contribution in [0, 0.1) is 0 Å². The van der Waals surface area contributed by atoms with Crippen LogP contribution in [0.5, 0.6) is 5.75 Å². The highest BCUT2D eigenvalue weighted by Crippen LogP contribution is 2.25. The molecule has 0 spiro atoms. The Labute approximate surface area is 168 Å². The molecule has 0 heterocycles. The lowest BCUT2D eigenvalue weighted by molar-refractivity contribution is -0.145. The largest absolute Gasteiger partial charge is 0.496 e. The van der Waals surface area contributed by atoms with Crippen LogP contribution in [0.3, 0.4) is 0 Å². The van der Waals surface area contributed by atoms with Crippen molar-refractivity contribution in [2.24, 2.45) is 0 Å². The fourth-order valence-corrected chi connectivity index (χ4v) is 3.19. The van der Waals surface area contributed by atoms with E-state index >= 15 is 0 Å². The van der Waals surface area contributed by atoms with E-state index < -0.39 is 5.97 Å². The highest BCUT2D eigenvalue weighted by atomic mass is 32.2. The molecule has 0 fully saturated rings. The fraction of sp³-hybridized carbons (Fsp3) is 0.286. The minimum atomic E-state index is -0.471. The molecule has 0 saturated carbocycles. The normalized spacial score (nSPS) is 10.2. The van der Waals surface area contributed by atoms with Gasteiger partial charge >= 0.3 is 5.97 Å². The Bertz CT molecular complexity index is 823. The topological polar surface area (TPSA) is 81.7 Å². The molecule has 2 aromatic rings. The van der Waals surface area contributed by atoms with Crippen LogP contribution < -0.4 is 10.1 Å². The third-order valence-corrected chi connectivity index (χ3v) is 4.82. The zero-order valence-corrected chi connectivity index (χ0v) is 16.7. The first kappa shape index (κ1) is 21.5. The van der Waals surface area contributed by atoms with Crippen LogP contribution in [-0.4, -0.2) is 37.1 Å². The molecule has 2 aromatic carbocycles. The summed E-state index contributed by atoms with van der Waals surface area (Å²) in [6.07, 6.45) is 0. The molecule has 6 nitrogen and oxygen atoms in total. The van der Waals surface area contributed by atoms with Gasteiger partial charge in [0.15, 0.2) is 12.4 Å². The Hall–Kier alpha value is -2.80. The number of nitrogens with one attached hydrogen (secondary N) is 1. The van der Waals surface area contributed by atoms with Gasteiger partial charge in [-0.15, -0.1) is 11.8 Å². The number of hydrogen-bond acceptors (Lipinski definition) is 6. The van der Waals surface area contributed by atoms with Gasteiger partial charge in [0, 0.05) is 23.4 Å². The summed E-state index contributed by atoms with van der Waals surface area (Å²) in [7, 11) is 1.55. The summed E-state index contributed by atoms with van der Waals surface area (Å²) in [5.74, 6) is 0.388. The lowest BCUT2D eigenvalue weighted by Crippen LogP contribution is -2.28. The van der Waals surface area contributed by atoms with Gasteiger partial charge in [-0.25, -0.2) is 0 Å². The van der Waals surface area contributed by atoms with Crippen molar-refractivity contribution in [2.45, 2.75) is 19.2 Å². The molecular formula is C21H23NO5S. The van der Waals surface area contributed by atoms with Crippen LogP contribution in [0.2, 0.25) is 0 Å². The van der Waals surface area contributed by atoms with Crippen molar-refractivity contribution in [3.8, 4) is 5.75 Å². The smallest absolute Gasteiger partial charge is 0.316 e. The maximum Gasteiger partial charge on any atom is 0.316 e. The third-order valence-electron chi connectivity index (χ3n) is 3.86. The first-order chi connectivity index (χ1) is 13.5. The van der Waals surface area contributed by atoms with Gasteiger partial charge in [0.1, 0.15) is 5.75 Å². The Balaban J connectivity index is 1.72. The van der Waals surface area contributed by atoms with Crippen LogP contribution >= 0.6 is 11.8 Å². The van der Waals surface area contributed by atoms with E-state index in [9.17, 15) is 14.4 Å². The van der Waals surface area contributed by atoms with E-state index in [0.717, 1.165) is 11.1 Å². The minimum absolute atomic E-state index is 0.0326. The number of amides is 1. The SMILES string of the molecule is COc1ccc(C(C)=O)cc1CSCC(=O)OCC(=O)NCc1ccccc1. The molecule has 0 unspecified atom stereocenters.